The molecule has 0 saturated heterocycles. The van der Waals surface area contributed by atoms with Crippen molar-refractivity contribution in [3.05, 3.63) is 0 Å². The van der Waals surface area contributed by atoms with Crippen molar-refractivity contribution in [3.63, 3.8) is 0 Å². The van der Waals surface area contributed by atoms with Gasteiger partial charge in [0.25, 0.3) is 0 Å². The Kier molecular flexibility index (Phi) is 4.39. The first-order valence-corrected chi connectivity index (χ1v) is 5.67. The minimum atomic E-state index is -1.26. The normalized spacial score (nSPS) is 20.7. The highest BCUT2D eigenvalue weighted by molar-refractivity contribution is 6.65. The van der Waals surface area contributed by atoms with Crippen molar-refractivity contribution < 1.29 is 24.3 Å². The lowest BCUT2D eigenvalue weighted by Crippen LogP contribution is -2.50. The van der Waals surface area contributed by atoms with Gasteiger partial charge in [0.1, 0.15) is 10.8 Å². The number of carbonyl (C=O) groups is 2. The molecule has 0 aromatic carbocycles. The van der Waals surface area contributed by atoms with Crippen LogP contribution in [0.3, 0.4) is 0 Å². The number of carbonyl (C=O) groups excluding carboxylic acids is 1. The number of rotatable bonds is 3. The first-order valence-electron chi connectivity index (χ1n) is 5.29. The zero-order valence-corrected chi connectivity index (χ0v) is 11.0. The Morgan fingerprint density at radius 1 is 1.61 bits per heavy atom. The summed E-state index contributed by atoms with van der Waals surface area (Å²) in [6.07, 6.45) is -1.53. The van der Waals surface area contributed by atoms with Crippen LogP contribution >= 0.6 is 11.6 Å². The molecule has 1 aliphatic rings. The van der Waals surface area contributed by atoms with Crippen molar-refractivity contribution in [2.75, 3.05) is 0 Å². The summed E-state index contributed by atoms with van der Waals surface area (Å²) < 4.78 is 4.97. The molecule has 0 saturated carbocycles. The third-order valence-electron chi connectivity index (χ3n) is 1.97. The van der Waals surface area contributed by atoms with Crippen molar-refractivity contribution in [2.45, 2.75) is 44.9 Å². The van der Waals surface area contributed by atoms with Crippen LogP contribution in [0, 0.1) is 0 Å². The van der Waals surface area contributed by atoms with Gasteiger partial charge >= 0.3 is 12.1 Å². The van der Waals surface area contributed by atoms with Crippen molar-refractivity contribution in [1.29, 1.82) is 0 Å². The van der Waals surface area contributed by atoms with Gasteiger partial charge in [-0.05, 0) is 20.8 Å². The lowest BCUT2D eigenvalue weighted by Gasteiger charge is -2.23. The van der Waals surface area contributed by atoms with Crippen molar-refractivity contribution in [1.82, 2.24) is 5.32 Å². The number of carboxylic acid groups (broad SMARTS) is 1. The van der Waals surface area contributed by atoms with Crippen LogP contribution in [0.5, 0.6) is 0 Å². The van der Waals surface area contributed by atoms with Gasteiger partial charge in [-0.1, -0.05) is 16.8 Å². The smallest absolute Gasteiger partial charge is 0.408 e. The molecular weight excluding hydrogens is 264 g/mol. The van der Waals surface area contributed by atoms with Crippen LogP contribution < -0.4 is 5.32 Å². The minimum Gasteiger partial charge on any atom is -0.480 e. The topological polar surface area (TPSA) is 97.2 Å². The molecule has 2 N–H and O–H groups in total. The summed E-state index contributed by atoms with van der Waals surface area (Å²) in [5, 5.41) is 14.8. The molecule has 0 spiro atoms. The predicted molar refractivity (Wildman–Crippen MR) is 63.6 cm³/mol. The average molecular weight is 279 g/mol. The number of ether oxygens (including phenoxy) is 1. The largest absolute Gasteiger partial charge is 0.480 e. The average Bonchev–Trinajstić information content (AvgIpc) is 2.57. The first kappa shape index (κ1) is 14.6. The van der Waals surface area contributed by atoms with Gasteiger partial charge in [0.2, 0.25) is 0 Å². The van der Waals surface area contributed by atoms with Gasteiger partial charge in [-0.3, -0.25) is 0 Å². The van der Waals surface area contributed by atoms with Gasteiger partial charge in [0.15, 0.2) is 12.1 Å². The van der Waals surface area contributed by atoms with E-state index in [1.54, 1.807) is 20.8 Å². The van der Waals surface area contributed by atoms with Crippen LogP contribution in [0.15, 0.2) is 5.16 Å². The Hall–Kier alpha value is -1.50. The van der Waals surface area contributed by atoms with Crippen LogP contribution in [0.2, 0.25) is 0 Å². The van der Waals surface area contributed by atoms with Gasteiger partial charge in [-0.15, -0.1) is 0 Å². The van der Waals surface area contributed by atoms with Crippen molar-refractivity contribution in [2.24, 2.45) is 5.16 Å². The zero-order valence-electron chi connectivity index (χ0n) is 10.3. The molecule has 18 heavy (non-hydrogen) atoms. The number of nitrogens with one attached hydrogen (secondary N) is 1. The number of aliphatic carboxylic acids is 1. The molecule has 0 fully saturated rings. The number of halogens is 1. The highest BCUT2D eigenvalue weighted by atomic mass is 35.5. The van der Waals surface area contributed by atoms with E-state index in [9.17, 15) is 9.59 Å². The number of oxime groups is 1. The molecule has 1 heterocycles. The Morgan fingerprint density at radius 3 is 2.61 bits per heavy atom. The standard InChI is InChI=1S/C10H15ClN2O5/c1-10(2,3)17-9(16)12-7(8(14)15)5-4-6(11)13-18-5/h5,7H,4H2,1-3H3,(H,12,16)(H,14,15). The van der Waals surface area contributed by atoms with Crippen LogP contribution in [0.4, 0.5) is 4.79 Å². The molecule has 1 amide bonds. The number of hydrogen-bond acceptors (Lipinski definition) is 5. The maximum absolute atomic E-state index is 11.5. The number of hydrogen-bond donors (Lipinski definition) is 2. The van der Waals surface area contributed by atoms with Crippen molar-refractivity contribution in [3.8, 4) is 0 Å². The molecule has 1 aliphatic heterocycles. The highest BCUT2D eigenvalue weighted by Gasteiger charge is 2.36. The van der Waals surface area contributed by atoms with E-state index in [1.165, 1.54) is 0 Å². The SMILES string of the molecule is CC(C)(C)OC(=O)NC(C(=O)O)C1CC(Cl)=NO1. The summed E-state index contributed by atoms with van der Waals surface area (Å²) in [5.41, 5.74) is -0.711. The molecule has 1 rings (SSSR count). The molecule has 2 atom stereocenters. The number of carboxylic acids is 1. The maximum atomic E-state index is 11.5. The van der Waals surface area contributed by atoms with Crippen molar-refractivity contribution >= 4 is 28.8 Å². The molecule has 2 unspecified atom stereocenters. The van der Waals surface area contributed by atoms with E-state index in [0.29, 0.717) is 0 Å². The van der Waals surface area contributed by atoms with E-state index in [4.69, 9.17) is 26.3 Å². The minimum absolute atomic E-state index is 0.133. The summed E-state index contributed by atoms with van der Waals surface area (Å²) in [7, 11) is 0. The van der Waals surface area contributed by atoms with Crippen LogP contribution in [-0.4, -0.2) is 40.1 Å². The molecule has 0 aliphatic carbocycles. The molecule has 0 radical (unpaired) electrons. The summed E-state index contributed by atoms with van der Waals surface area (Å²) in [4.78, 5) is 27.4. The Balaban J connectivity index is 2.59. The van der Waals surface area contributed by atoms with E-state index < -0.39 is 29.8 Å². The van der Waals surface area contributed by atoms with E-state index >= 15 is 0 Å². The molecule has 8 heteroatoms. The lowest BCUT2D eigenvalue weighted by atomic mass is 10.1. The van der Waals surface area contributed by atoms with Crippen LogP contribution in [0.1, 0.15) is 27.2 Å². The van der Waals surface area contributed by atoms with Gasteiger partial charge in [0.05, 0.1) is 0 Å². The van der Waals surface area contributed by atoms with E-state index in [-0.39, 0.29) is 11.6 Å². The second-order valence-corrected chi connectivity index (χ2v) is 5.21. The number of alkyl carbamates (subject to hydrolysis) is 1. The third kappa shape index (κ3) is 4.40. The van der Waals surface area contributed by atoms with Crippen LogP contribution in [-0.2, 0) is 14.4 Å². The fourth-order valence-corrected chi connectivity index (χ4v) is 1.48. The number of amides is 1. The molecule has 0 aromatic rings. The van der Waals surface area contributed by atoms with E-state index in [2.05, 4.69) is 10.5 Å². The fourth-order valence-electron chi connectivity index (χ4n) is 1.29. The second kappa shape index (κ2) is 5.43. The van der Waals surface area contributed by atoms with Crippen LogP contribution in [0.25, 0.3) is 0 Å². The fraction of sp³-hybridized carbons (Fsp3) is 0.700. The summed E-state index contributed by atoms with van der Waals surface area (Å²) in [5.74, 6) is -1.24. The maximum Gasteiger partial charge on any atom is 0.408 e. The van der Waals surface area contributed by atoms with Gasteiger partial charge in [-0.25, -0.2) is 9.59 Å². The van der Waals surface area contributed by atoms with E-state index in [0.717, 1.165) is 0 Å². The molecule has 0 aromatic heterocycles. The van der Waals surface area contributed by atoms with Gasteiger partial charge in [-0.2, -0.15) is 0 Å². The Morgan fingerprint density at radius 2 is 2.22 bits per heavy atom. The molecule has 7 nitrogen and oxygen atoms in total. The monoisotopic (exact) mass is 278 g/mol. The van der Waals surface area contributed by atoms with Gasteiger partial charge < -0.3 is 20.0 Å². The quantitative estimate of drug-likeness (QED) is 0.811. The Labute approximate surface area is 109 Å². The second-order valence-electron chi connectivity index (χ2n) is 4.78. The predicted octanol–water partition coefficient (Wildman–Crippen LogP) is 1.31. The lowest BCUT2D eigenvalue weighted by molar-refractivity contribution is -0.143. The third-order valence-corrected chi connectivity index (χ3v) is 2.19. The zero-order chi connectivity index (χ0) is 13.9. The van der Waals surface area contributed by atoms with Gasteiger partial charge in [0, 0.05) is 6.42 Å². The Bertz CT molecular complexity index is 377. The molecular formula is C10H15ClN2O5. The summed E-state index contributed by atoms with van der Waals surface area (Å²) >= 11 is 5.59. The first-order chi connectivity index (χ1) is 8.19. The molecule has 0 bridgehead atoms. The summed E-state index contributed by atoms with van der Waals surface area (Å²) in [6.45, 7) is 5.03. The van der Waals surface area contributed by atoms with E-state index in [1.807, 2.05) is 0 Å². The summed E-state index contributed by atoms with van der Waals surface area (Å²) in [6, 6.07) is -1.26. The molecule has 102 valence electrons. The number of nitrogens with zero attached hydrogens (tertiary/aromatic N) is 1. The highest BCUT2D eigenvalue weighted by Crippen LogP contribution is 2.17.